The SMILES string of the molecule is Cc1cc(C(C)CN)ccc1OC(C)(C)C. The predicted molar refractivity (Wildman–Crippen MR) is 69.0 cm³/mol. The first-order valence-corrected chi connectivity index (χ1v) is 5.83. The van der Waals surface area contributed by atoms with Crippen molar-refractivity contribution < 1.29 is 4.74 Å². The standard InChI is InChI=1S/C14H23NO/c1-10-8-12(11(2)9-15)6-7-13(10)16-14(3,4)5/h6-8,11H,9,15H2,1-5H3. The van der Waals surface area contributed by atoms with Gasteiger partial charge in [-0.3, -0.25) is 0 Å². The van der Waals surface area contributed by atoms with E-state index in [0.717, 1.165) is 5.75 Å². The van der Waals surface area contributed by atoms with Gasteiger partial charge in [-0.25, -0.2) is 0 Å². The Balaban J connectivity index is 2.92. The Labute approximate surface area is 98.8 Å². The van der Waals surface area contributed by atoms with Gasteiger partial charge in [0.2, 0.25) is 0 Å². The third-order valence-corrected chi connectivity index (χ3v) is 2.54. The number of hydrogen-bond donors (Lipinski definition) is 1. The summed E-state index contributed by atoms with van der Waals surface area (Å²) < 4.78 is 5.87. The summed E-state index contributed by atoms with van der Waals surface area (Å²) in [5.74, 6) is 1.36. The average molecular weight is 221 g/mol. The molecule has 0 aromatic heterocycles. The lowest BCUT2D eigenvalue weighted by molar-refractivity contribution is 0.130. The van der Waals surface area contributed by atoms with Gasteiger partial charge in [0.25, 0.3) is 0 Å². The van der Waals surface area contributed by atoms with Gasteiger partial charge in [0.05, 0.1) is 0 Å². The van der Waals surface area contributed by atoms with Crippen molar-refractivity contribution in [1.29, 1.82) is 0 Å². The van der Waals surface area contributed by atoms with Crippen LogP contribution >= 0.6 is 0 Å². The van der Waals surface area contributed by atoms with E-state index in [2.05, 4.69) is 46.8 Å². The second-order valence-electron chi connectivity index (χ2n) is 5.38. The molecule has 2 nitrogen and oxygen atoms in total. The summed E-state index contributed by atoms with van der Waals surface area (Å²) in [5.41, 5.74) is 7.97. The number of hydrogen-bond acceptors (Lipinski definition) is 2. The van der Waals surface area contributed by atoms with Crippen molar-refractivity contribution in [2.24, 2.45) is 5.73 Å². The van der Waals surface area contributed by atoms with E-state index in [4.69, 9.17) is 10.5 Å². The van der Waals surface area contributed by atoms with Crippen LogP contribution in [0.15, 0.2) is 18.2 Å². The minimum atomic E-state index is -0.147. The van der Waals surface area contributed by atoms with Crippen molar-refractivity contribution in [2.75, 3.05) is 6.54 Å². The van der Waals surface area contributed by atoms with Gasteiger partial charge < -0.3 is 10.5 Å². The van der Waals surface area contributed by atoms with Gasteiger partial charge in [-0.15, -0.1) is 0 Å². The summed E-state index contributed by atoms with van der Waals surface area (Å²) in [6, 6.07) is 6.31. The van der Waals surface area contributed by atoms with Gasteiger partial charge in [-0.05, 0) is 57.4 Å². The zero-order chi connectivity index (χ0) is 12.3. The molecule has 1 atom stereocenters. The molecule has 16 heavy (non-hydrogen) atoms. The van der Waals surface area contributed by atoms with Gasteiger partial charge in [0.1, 0.15) is 11.4 Å². The van der Waals surface area contributed by atoms with E-state index in [9.17, 15) is 0 Å². The van der Waals surface area contributed by atoms with Crippen LogP contribution in [0.4, 0.5) is 0 Å². The molecular formula is C14H23NO. The minimum absolute atomic E-state index is 0.147. The molecule has 0 aliphatic carbocycles. The van der Waals surface area contributed by atoms with Crippen molar-refractivity contribution in [2.45, 2.75) is 46.1 Å². The largest absolute Gasteiger partial charge is 0.488 e. The molecule has 0 saturated heterocycles. The number of rotatable bonds is 3. The molecular weight excluding hydrogens is 198 g/mol. The molecule has 1 rings (SSSR count). The van der Waals surface area contributed by atoms with Gasteiger partial charge in [-0.1, -0.05) is 19.1 Å². The topological polar surface area (TPSA) is 35.2 Å². The summed E-state index contributed by atoms with van der Waals surface area (Å²) in [5, 5.41) is 0. The highest BCUT2D eigenvalue weighted by Crippen LogP contribution is 2.26. The Morgan fingerprint density at radius 3 is 2.38 bits per heavy atom. The first-order chi connectivity index (χ1) is 7.33. The Kier molecular flexibility index (Phi) is 3.98. The number of ether oxygens (including phenoxy) is 1. The lowest BCUT2D eigenvalue weighted by Crippen LogP contribution is -2.23. The molecule has 0 saturated carbocycles. The fourth-order valence-electron chi connectivity index (χ4n) is 1.56. The second-order valence-corrected chi connectivity index (χ2v) is 5.38. The zero-order valence-corrected chi connectivity index (χ0v) is 11.0. The van der Waals surface area contributed by atoms with E-state index in [1.807, 2.05) is 6.07 Å². The highest BCUT2D eigenvalue weighted by Gasteiger charge is 2.14. The number of aryl methyl sites for hydroxylation is 1. The molecule has 1 aromatic rings. The molecule has 90 valence electrons. The molecule has 0 aliphatic heterocycles. The number of benzene rings is 1. The summed E-state index contributed by atoms with van der Waals surface area (Å²) in [4.78, 5) is 0. The Morgan fingerprint density at radius 2 is 1.94 bits per heavy atom. The molecule has 1 unspecified atom stereocenters. The maximum absolute atomic E-state index is 5.87. The maximum Gasteiger partial charge on any atom is 0.123 e. The first-order valence-electron chi connectivity index (χ1n) is 5.83. The fourth-order valence-corrected chi connectivity index (χ4v) is 1.56. The van der Waals surface area contributed by atoms with E-state index >= 15 is 0 Å². The molecule has 0 bridgehead atoms. The quantitative estimate of drug-likeness (QED) is 0.850. The van der Waals surface area contributed by atoms with Crippen LogP contribution in [-0.2, 0) is 0 Å². The van der Waals surface area contributed by atoms with Crippen molar-refractivity contribution in [1.82, 2.24) is 0 Å². The van der Waals surface area contributed by atoms with Crippen LogP contribution in [0.1, 0.15) is 44.7 Å². The monoisotopic (exact) mass is 221 g/mol. The van der Waals surface area contributed by atoms with E-state index in [0.29, 0.717) is 12.5 Å². The summed E-state index contributed by atoms with van der Waals surface area (Å²) in [7, 11) is 0. The normalized spacial score (nSPS) is 13.6. The molecule has 2 heteroatoms. The summed E-state index contributed by atoms with van der Waals surface area (Å²) in [6.07, 6.45) is 0. The van der Waals surface area contributed by atoms with Crippen molar-refractivity contribution in [3.8, 4) is 5.75 Å². The molecule has 0 heterocycles. The number of nitrogens with two attached hydrogens (primary N) is 1. The predicted octanol–water partition coefficient (Wildman–Crippen LogP) is 3.23. The highest BCUT2D eigenvalue weighted by atomic mass is 16.5. The average Bonchev–Trinajstić information content (AvgIpc) is 2.18. The van der Waals surface area contributed by atoms with Gasteiger partial charge in [-0.2, -0.15) is 0 Å². The molecule has 0 amide bonds. The summed E-state index contributed by atoms with van der Waals surface area (Å²) >= 11 is 0. The Morgan fingerprint density at radius 1 is 1.31 bits per heavy atom. The first kappa shape index (κ1) is 13.0. The fraction of sp³-hybridized carbons (Fsp3) is 0.571. The third-order valence-electron chi connectivity index (χ3n) is 2.54. The molecule has 0 radical (unpaired) electrons. The smallest absolute Gasteiger partial charge is 0.123 e. The van der Waals surface area contributed by atoms with Crippen molar-refractivity contribution in [3.63, 3.8) is 0 Å². The van der Waals surface area contributed by atoms with E-state index < -0.39 is 0 Å². The van der Waals surface area contributed by atoms with Crippen LogP contribution in [-0.4, -0.2) is 12.1 Å². The molecule has 0 fully saturated rings. The van der Waals surface area contributed by atoms with Crippen LogP contribution in [0.3, 0.4) is 0 Å². The van der Waals surface area contributed by atoms with Crippen LogP contribution in [0, 0.1) is 6.92 Å². The Bertz CT molecular complexity index is 352. The van der Waals surface area contributed by atoms with Gasteiger partial charge >= 0.3 is 0 Å². The minimum Gasteiger partial charge on any atom is -0.488 e. The van der Waals surface area contributed by atoms with E-state index in [1.54, 1.807) is 0 Å². The highest BCUT2D eigenvalue weighted by molar-refractivity contribution is 5.37. The lowest BCUT2D eigenvalue weighted by atomic mass is 9.99. The van der Waals surface area contributed by atoms with Crippen molar-refractivity contribution in [3.05, 3.63) is 29.3 Å². The Hall–Kier alpha value is -1.02. The van der Waals surface area contributed by atoms with E-state index in [-0.39, 0.29) is 5.60 Å². The molecule has 0 spiro atoms. The maximum atomic E-state index is 5.87. The van der Waals surface area contributed by atoms with Crippen LogP contribution < -0.4 is 10.5 Å². The molecule has 1 aromatic carbocycles. The van der Waals surface area contributed by atoms with Gasteiger partial charge in [0, 0.05) is 0 Å². The zero-order valence-electron chi connectivity index (χ0n) is 11.0. The van der Waals surface area contributed by atoms with E-state index in [1.165, 1.54) is 11.1 Å². The van der Waals surface area contributed by atoms with Crippen LogP contribution in [0.25, 0.3) is 0 Å². The van der Waals surface area contributed by atoms with Gasteiger partial charge in [0.15, 0.2) is 0 Å². The lowest BCUT2D eigenvalue weighted by Gasteiger charge is -2.23. The molecule has 2 N–H and O–H groups in total. The summed E-state index contributed by atoms with van der Waals surface area (Å²) in [6.45, 7) is 11.1. The van der Waals surface area contributed by atoms with Crippen LogP contribution in [0.5, 0.6) is 5.75 Å². The second kappa shape index (κ2) is 4.88. The van der Waals surface area contributed by atoms with Crippen molar-refractivity contribution >= 4 is 0 Å². The molecule has 0 aliphatic rings. The van der Waals surface area contributed by atoms with Crippen LogP contribution in [0.2, 0.25) is 0 Å². The third kappa shape index (κ3) is 3.53.